The topological polar surface area (TPSA) is 93.0 Å². The van der Waals surface area contributed by atoms with Crippen molar-refractivity contribution in [1.29, 1.82) is 0 Å². The van der Waals surface area contributed by atoms with Crippen LogP contribution in [0.1, 0.15) is 11.1 Å². The SMILES string of the molecule is O=C(O)Cc1c[nH]c2ccc(COc3ccc(Cl)cc3-n3nc4ccccc4n3)cc12. The Morgan fingerprint density at radius 2 is 1.84 bits per heavy atom. The number of carboxylic acids is 1. The summed E-state index contributed by atoms with van der Waals surface area (Å²) in [5.41, 5.74) is 4.73. The summed E-state index contributed by atoms with van der Waals surface area (Å²) in [5.74, 6) is -0.280. The quantitative estimate of drug-likeness (QED) is 0.403. The van der Waals surface area contributed by atoms with Gasteiger partial charge in [-0.15, -0.1) is 15.0 Å². The number of ether oxygens (including phenoxy) is 1. The first kappa shape index (κ1) is 19.1. The zero-order valence-electron chi connectivity index (χ0n) is 16.2. The summed E-state index contributed by atoms with van der Waals surface area (Å²) in [6.45, 7) is 0.295. The molecule has 5 aromatic rings. The molecule has 0 radical (unpaired) electrons. The molecule has 5 rings (SSSR count). The predicted molar refractivity (Wildman–Crippen MR) is 118 cm³/mol. The third-order valence-corrected chi connectivity index (χ3v) is 5.23. The largest absolute Gasteiger partial charge is 0.487 e. The second kappa shape index (κ2) is 7.77. The van der Waals surface area contributed by atoms with Crippen LogP contribution in [0.3, 0.4) is 0 Å². The molecule has 0 spiro atoms. The highest BCUT2D eigenvalue weighted by molar-refractivity contribution is 6.30. The highest BCUT2D eigenvalue weighted by Crippen LogP contribution is 2.28. The maximum Gasteiger partial charge on any atom is 0.307 e. The second-order valence-electron chi connectivity index (χ2n) is 7.14. The molecule has 0 bridgehead atoms. The molecule has 0 amide bonds. The van der Waals surface area contributed by atoms with Crippen molar-refractivity contribution in [2.45, 2.75) is 13.0 Å². The molecule has 3 aromatic carbocycles. The molecule has 0 saturated carbocycles. The maximum atomic E-state index is 11.1. The average Bonchev–Trinajstić information content (AvgIpc) is 3.36. The Hall–Kier alpha value is -3.84. The molecule has 2 aromatic heterocycles. The zero-order chi connectivity index (χ0) is 21.4. The van der Waals surface area contributed by atoms with Crippen molar-refractivity contribution >= 4 is 39.5 Å². The van der Waals surface area contributed by atoms with E-state index in [-0.39, 0.29) is 6.42 Å². The molecule has 2 heterocycles. The molecule has 31 heavy (non-hydrogen) atoms. The first-order valence-corrected chi connectivity index (χ1v) is 10.00. The summed E-state index contributed by atoms with van der Waals surface area (Å²) in [6.07, 6.45) is 1.69. The van der Waals surface area contributed by atoms with E-state index in [1.54, 1.807) is 24.4 Å². The molecular formula is C23H17ClN4O3. The molecule has 8 heteroatoms. The van der Waals surface area contributed by atoms with Gasteiger partial charge in [-0.25, -0.2) is 0 Å². The Labute approximate surface area is 181 Å². The van der Waals surface area contributed by atoms with E-state index in [4.69, 9.17) is 21.4 Å². The minimum atomic E-state index is -0.868. The Kier molecular flexibility index (Phi) is 4.80. The van der Waals surface area contributed by atoms with Gasteiger partial charge in [0, 0.05) is 22.1 Å². The fourth-order valence-corrected chi connectivity index (χ4v) is 3.69. The summed E-state index contributed by atoms with van der Waals surface area (Å²) in [7, 11) is 0. The summed E-state index contributed by atoms with van der Waals surface area (Å²) in [5, 5.41) is 19.6. The van der Waals surface area contributed by atoms with Gasteiger partial charge in [0.1, 0.15) is 29.1 Å². The number of hydrogen-bond acceptors (Lipinski definition) is 4. The number of carboxylic acid groups (broad SMARTS) is 1. The van der Waals surface area contributed by atoms with Crippen LogP contribution in [0.2, 0.25) is 5.02 Å². The summed E-state index contributed by atoms with van der Waals surface area (Å²) in [4.78, 5) is 15.7. The minimum absolute atomic E-state index is 0.0375. The molecule has 0 atom stereocenters. The first-order valence-electron chi connectivity index (χ1n) is 9.62. The van der Waals surface area contributed by atoms with Gasteiger partial charge in [0.15, 0.2) is 0 Å². The molecular weight excluding hydrogens is 416 g/mol. The average molecular weight is 433 g/mol. The third-order valence-electron chi connectivity index (χ3n) is 4.99. The smallest absolute Gasteiger partial charge is 0.307 e. The number of nitrogens with one attached hydrogen (secondary N) is 1. The lowest BCUT2D eigenvalue weighted by atomic mass is 10.1. The fourth-order valence-electron chi connectivity index (χ4n) is 3.52. The molecule has 0 aliphatic carbocycles. The van der Waals surface area contributed by atoms with Crippen molar-refractivity contribution < 1.29 is 14.6 Å². The van der Waals surface area contributed by atoms with Gasteiger partial charge in [0.05, 0.1) is 6.42 Å². The van der Waals surface area contributed by atoms with Crippen LogP contribution in [0.25, 0.3) is 27.6 Å². The molecule has 0 saturated heterocycles. The Bertz CT molecular complexity index is 1390. The summed E-state index contributed by atoms with van der Waals surface area (Å²) >= 11 is 6.22. The van der Waals surface area contributed by atoms with Gasteiger partial charge in [-0.2, -0.15) is 0 Å². The molecule has 0 unspecified atom stereocenters. The number of aliphatic carboxylic acids is 1. The highest BCUT2D eigenvalue weighted by Gasteiger charge is 2.13. The van der Waals surface area contributed by atoms with Gasteiger partial charge < -0.3 is 14.8 Å². The van der Waals surface area contributed by atoms with Crippen molar-refractivity contribution in [2.24, 2.45) is 0 Å². The number of hydrogen-bond donors (Lipinski definition) is 2. The van der Waals surface area contributed by atoms with E-state index in [0.717, 1.165) is 33.1 Å². The van der Waals surface area contributed by atoms with Crippen molar-refractivity contribution in [3.63, 3.8) is 0 Å². The van der Waals surface area contributed by atoms with Crippen LogP contribution in [-0.2, 0) is 17.8 Å². The number of fused-ring (bicyclic) bond motifs is 2. The zero-order valence-corrected chi connectivity index (χ0v) is 17.0. The number of aromatic nitrogens is 4. The van der Waals surface area contributed by atoms with Crippen molar-refractivity contribution in [3.05, 3.63) is 83.0 Å². The van der Waals surface area contributed by atoms with Gasteiger partial charge >= 0.3 is 5.97 Å². The van der Waals surface area contributed by atoms with Crippen LogP contribution in [0.5, 0.6) is 5.75 Å². The van der Waals surface area contributed by atoms with E-state index < -0.39 is 5.97 Å². The normalized spacial score (nSPS) is 11.3. The van der Waals surface area contributed by atoms with E-state index in [1.807, 2.05) is 42.5 Å². The van der Waals surface area contributed by atoms with Gasteiger partial charge in [0.2, 0.25) is 0 Å². The molecule has 2 N–H and O–H groups in total. The minimum Gasteiger partial charge on any atom is -0.487 e. The Morgan fingerprint density at radius 1 is 1.06 bits per heavy atom. The van der Waals surface area contributed by atoms with Crippen LogP contribution in [0.15, 0.2) is 66.9 Å². The van der Waals surface area contributed by atoms with E-state index in [0.29, 0.717) is 23.1 Å². The van der Waals surface area contributed by atoms with Crippen molar-refractivity contribution in [2.75, 3.05) is 0 Å². The molecule has 0 fully saturated rings. The van der Waals surface area contributed by atoms with E-state index in [2.05, 4.69) is 15.2 Å². The van der Waals surface area contributed by atoms with Crippen molar-refractivity contribution in [1.82, 2.24) is 20.0 Å². The predicted octanol–water partition coefficient (Wildman–Crippen LogP) is 4.76. The lowest BCUT2D eigenvalue weighted by Gasteiger charge is -2.11. The third kappa shape index (κ3) is 3.83. The fraction of sp³-hybridized carbons (Fsp3) is 0.0870. The number of H-pyrrole nitrogens is 1. The summed E-state index contributed by atoms with van der Waals surface area (Å²) in [6, 6.07) is 18.7. The van der Waals surface area contributed by atoms with Gasteiger partial charge in [-0.05, 0) is 53.6 Å². The Morgan fingerprint density at radius 3 is 2.58 bits per heavy atom. The molecule has 0 aliphatic rings. The van der Waals surface area contributed by atoms with Crippen molar-refractivity contribution in [3.8, 4) is 11.4 Å². The molecule has 0 aliphatic heterocycles. The van der Waals surface area contributed by atoms with Crippen LogP contribution >= 0.6 is 11.6 Å². The van der Waals surface area contributed by atoms with Gasteiger partial charge in [-0.1, -0.05) is 29.8 Å². The van der Waals surface area contributed by atoms with Crippen LogP contribution in [0.4, 0.5) is 0 Å². The molecule has 7 nitrogen and oxygen atoms in total. The lowest BCUT2D eigenvalue weighted by Crippen LogP contribution is -2.04. The number of nitrogens with zero attached hydrogens (tertiary/aromatic N) is 3. The summed E-state index contributed by atoms with van der Waals surface area (Å²) < 4.78 is 6.09. The van der Waals surface area contributed by atoms with E-state index in [9.17, 15) is 4.79 Å². The number of halogens is 1. The van der Waals surface area contributed by atoms with E-state index >= 15 is 0 Å². The monoisotopic (exact) mass is 432 g/mol. The van der Waals surface area contributed by atoms with Gasteiger partial charge in [-0.3, -0.25) is 4.79 Å². The number of aromatic amines is 1. The van der Waals surface area contributed by atoms with Crippen LogP contribution in [0, 0.1) is 0 Å². The molecule has 154 valence electrons. The van der Waals surface area contributed by atoms with Crippen LogP contribution < -0.4 is 4.74 Å². The van der Waals surface area contributed by atoms with Gasteiger partial charge in [0.25, 0.3) is 0 Å². The number of rotatable bonds is 6. The Balaban J connectivity index is 1.45. The van der Waals surface area contributed by atoms with Crippen LogP contribution in [-0.4, -0.2) is 31.1 Å². The second-order valence-corrected chi connectivity index (χ2v) is 7.58. The number of benzene rings is 3. The van der Waals surface area contributed by atoms with E-state index in [1.165, 1.54) is 4.80 Å². The standard InChI is InChI=1S/C23H17ClN4O3/c24-16-6-8-22(21(11-16)28-26-19-3-1-2-4-20(19)27-28)31-13-14-5-7-18-17(9-14)15(12-25-18)10-23(29)30/h1-9,11-12,25H,10,13H2,(H,29,30). The number of carbonyl (C=O) groups is 1. The highest BCUT2D eigenvalue weighted by atomic mass is 35.5. The maximum absolute atomic E-state index is 11.1. The first-order chi connectivity index (χ1) is 15.1. The lowest BCUT2D eigenvalue weighted by molar-refractivity contribution is -0.136.